The fourth-order valence-corrected chi connectivity index (χ4v) is 2.35. The van der Waals surface area contributed by atoms with Gasteiger partial charge in [-0.05, 0) is 29.9 Å². The van der Waals surface area contributed by atoms with Crippen LogP contribution in [0.25, 0.3) is 0 Å². The van der Waals surface area contributed by atoms with Crippen LogP contribution in [0.1, 0.15) is 6.42 Å². The van der Waals surface area contributed by atoms with Gasteiger partial charge in [0.05, 0.1) is 0 Å². The van der Waals surface area contributed by atoms with E-state index in [-0.39, 0.29) is 5.91 Å². The summed E-state index contributed by atoms with van der Waals surface area (Å²) in [6, 6.07) is 0. The van der Waals surface area contributed by atoms with Gasteiger partial charge in [0.15, 0.2) is 0 Å². The van der Waals surface area contributed by atoms with E-state index in [0.29, 0.717) is 5.92 Å². The summed E-state index contributed by atoms with van der Waals surface area (Å²) in [4.78, 5) is 10.7. The smallest absolute Gasteiger partial charge is 0.243 e. The zero-order valence-corrected chi connectivity index (χ0v) is 7.32. The molecule has 1 fully saturated rings. The molecule has 0 spiro atoms. The molecular formula is C8H13NOS. The lowest BCUT2D eigenvalue weighted by atomic mass is 10.1. The van der Waals surface area contributed by atoms with E-state index in [9.17, 15) is 4.79 Å². The van der Waals surface area contributed by atoms with Gasteiger partial charge < -0.3 is 5.32 Å². The van der Waals surface area contributed by atoms with Gasteiger partial charge in [0.25, 0.3) is 0 Å². The van der Waals surface area contributed by atoms with E-state index in [0.717, 1.165) is 6.54 Å². The van der Waals surface area contributed by atoms with Gasteiger partial charge in [-0.25, -0.2) is 0 Å². The number of rotatable bonds is 3. The van der Waals surface area contributed by atoms with Crippen LogP contribution >= 0.6 is 11.8 Å². The van der Waals surface area contributed by atoms with E-state index >= 15 is 0 Å². The molecule has 1 heterocycles. The van der Waals surface area contributed by atoms with Crippen LogP contribution in [-0.4, -0.2) is 24.0 Å². The molecule has 0 aromatic heterocycles. The Labute approximate surface area is 71.4 Å². The fourth-order valence-electron chi connectivity index (χ4n) is 1.06. The number of amides is 1. The summed E-state index contributed by atoms with van der Waals surface area (Å²) in [5, 5.41) is 2.80. The Bertz CT molecular complexity index is 152. The van der Waals surface area contributed by atoms with Gasteiger partial charge in [0.2, 0.25) is 5.91 Å². The highest BCUT2D eigenvalue weighted by molar-refractivity contribution is 7.99. The maximum atomic E-state index is 10.7. The minimum Gasteiger partial charge on any atom is -0.352 e. The molecule has 1 atom stereocenters. The molecule has 1 N–H and O–H groups in total. The van der Waals surface area contributed by atoms with Crippen molar-refractivity contribution in [2.24, 2.45) is 5.92 Å². The third-order valence-electron chi connectivity index (χ3n) is 1.77. The first-order valence-corrected chi connectivity index (χ1v) is 4.96. The summed E-state index contributed by atoms with van der Waals surface area (Å²) in [6.45, 7) is 4.21. The quantitative estimate of drug-likeness (QED) is 0.643. The molecule has 0 aliphatic carbocycles. The van der Waals surface area contributed by atoms with Crippen LogP contribution in [-0.2, 0) is 4.79 Å². The topological polar surface area (TPSA) is 29.1 Å². The molecule has 0 aromatic rings. The Hall–Kier alpha value is -0.440. The van der Waals surface area contributed by atoms with Crippen molar-refractivity contribution in [3.05, 3.63) is 12.7 Å². The van der Waals surface area contributed by atoms with Crippen LogP contribution in [0.15, 0.2) is 12.7 Å². The predicted octanol–water partition coefficient (Wildman–Crippen LogP) is 1.04. The van der Waals surface area contributed by atoms with Gasteiger partial charge >= 0.3 is 0 Å². The second-order valence-electron chi connectivity index (χ2n) is 2.68. The van der Waals surface area contributed by atoms with Crippen LogP contribution < -0.4 is 5.32 Å². The van der Waals surface area contributed by atoms with E-state index in [4.69, 9.17) is 0 Å². The first-order valence-electron chi connectivity index (χ1n) is 3.81. The van der Waals surface area contributed by atoms with Crippen molar-refractivity contribution in [3.8, 4) is 0 Å². The van der Waals surface area contributed by atoms with Crippen molar-refractivity contribution in [2.45, 2.75) is 6.42 Å². The highest BCUT2D eigenvalue weighted by Gasteiger charge is 2.14. The number of carbonyl (C=O) groups excluding carboxylic acids is 1. The average Bonchev–Trinajstić information content (AvgIpc) is 2.52. The van der Waals surface area contributed by atoms with E-state index < -0.39 is 0 Å². The minimum atomic E-state index is -0.0538. The lowest BCUT2D eigenvalue weighted by Gasteiger charge is -2.07. The van der Waals surface area contributed by atoms with Gasteiger partial charge in [-0.3, -0.25) is 4.79 Å². The number of thioether (sulfide) groups is 1. The monoisotopic (exact) mass is 171 g/mol. The summed E-state index contributed by atoms with van der Waals surface area (Å²) >= 11 is 1.96. The van der Waals surface area contributed by atoms with Crippen LogP contribution in [0.4, 0.5) is 0 Å². The maximum absolute atomic E-state index is 10.7. The molecule has 0 aromatic carbocycles. The first-order chi connectivity index (χ1) is 5.33. The van der Waals surface area contributed by atoms with Crippen molar-refractivity contribution >= 4 is 17.7 Å². The average molecular weight is 171 g/mol. The number of carbonyl (C=O) groups is 1. The zero-order valence-electron chi connectivity index (χ0n) is 6.51. The van der Waals surface area contributed by atoms with Crippen LogP contribution in [0.2, 0.25) is 0 Å². The van der Waals surface area contributed by atoms with E-state index in [1.165, 1.54) is 24.0 Å². The van der Waals surface area contributed by atoms with Crippen LogP contribution in [0, 0.1) is 5.92 Å². The molecular weight excluding hydrogens is 158 g/mol. The van der Waals surface area contributed by atoms with Crippen LogP contribution in [0.3, 0.4) is 0 Å². The number of nitrogens with one attached hydrogen (secondary N) is 1. The molecule has 62 valence electrons. The molecule has 2 nitrogen and oxygen atoms in total. The second-order valence-corrected chi connectivity index (χ2v) is 3.83. The summed E-state index contributed by atoms with van der Waals surface area (Å²) in [7, 11) is 0. The van der Waals surface area contributed by atoms with E-state index in [1.807, 2.05) is 11.8 Å². The third kappa shape index (κ3) is 2.97. The highest BCUT2D eigenvalue weighted by Crippen LogP contribution is 2.22. The molecule has 0 bridgehead atoms. The normalized spacial score (nSPS) is 23.1. The predicted molar refractivity (Wildman–Crippen MR) is 48.6 cm³/mol. The van der Waals surface area contributed by atoms with Crippen molar-refractivity contribution in [1.29, 1.82) is 0 Å². The molecule has 1 aliphatic rings. The van der Waals surface area contributed by atoms with E-state index in [1.54, 1.807) is 0 Å². The standard InChI is InChI=1S/C8H13NOS/c1-2-8(10)9-5-7-3-4-11-6-7/h2,7H,1,3-6H2,(H,9,10). The third-order valence-corrected chi connectivity index (χ3v) is 3.01. The Balaban J connectivity index is 2.10. The van der Waals surface area contributed by atoms with Crippen molar-refractivity contribution < 1.29 is 4.79 Å². The lowest BCUT2D eigenvalue weighted by Crippen LogP contribution is -2.27. The first kappa shape index (κ1) is 8.65. The van der Waals surface area contributed by atoms with Gasteiger partial charge in [-0.1, -0.05) is 6.58 Å². The Kier molecular flexibility index (Phi) is 3.49. The van der Waals surface area contributed by atoms with Gasteiger partial charge in [-0.15, -0.1) is 0 Å². The highest BCUT2D eigenvalue weighted by atomic mass is 32.2. The van der Waals surface area contributed by atoms with Gasteiger partial charge in [0.1, 0.15) is 0 Å². The lowest BCUT2D eigenvalue weighted by molar-refractivity contribution is -0.116. The largest absolute Gasteiger partial charge is 0.352 e. The molecule has 1 rings (SSSR count). The van der Waals surface area contributed by atoms with Gasteiger partial charge in [0, 0.05) is 6.54 Å². The summed E-state index contributed by atoms with van der Waals surface area (Å²) in [5.74, 6) is 3.07. The molecule has 11 heavy (non-hydrogen) atoms. The molecule has 1 amide bonds. The maximum Gasteiger partial charge on any atom is 0.243 e. The number of hydrogen-bond donors (Lipinski definition) is 1. The van der Waals surface area contributed by atoms with Crippen molar-refractivity contribution in [2.75, 3.05) is 18.1 Å². The Morgan fingerprint density at radius 2 is 2.64 bits per heavy atom. The summed E-state index contributed by atoms with van der Waals surface area (Å²) in [5.41, 5.74) is 0. The number of hydrogen-bond acceptors (Lipinski definition) is 2. The van der Waals surface area contributed by atoms with Crippen molar-refractivity contribution in [3.63, 3.8) is 0 Å². The SMILES string of the molecule is C=CC(=O)NCC1CCSC1. The molecule has 1 aliphatic heterocycles. The van der Waals surface area contributed by atoms with Crippen molar-refractivity contribution in [1.82, 2.24) is 5.32 Å². The minimum absolute atomic E-state index is 0.0538. The molecule has 1 saturated heterocycles. The van der Waals surface area contributed by atoms with Crippen LogP contribution in [0.5, 0.6) is 0 Å². The summed E-state index contributed by atoms with van der Waals surface area (Å²) in [6.07, 6.45) is 2.56. The molecule has 0 radical (unpaired) electrons. The summed E-state index contributed by atoms with van der Waals surface area (Å²) < 4.78 is 0. The Morgan fingerprint density at radius 3 is 3.18 bits per heavy atom. The second kappa shape index (κ2) is 4.44. The fraction of sp³-hybridized carbons (Fsp3) is 0.625. The zero-order chi connectivity index (χ0) is 8.10. The Morgan fingerprint density at radius 1 is 1.82 bits per heavy atom. The van der Waals surface area contributed by atoms with Gasteiger partial charge in [-0.2, -0.15) is 11.8 Å². The molecule has 3 heteroatoms. The molecule has 1 unspecified atom stereocenters. The van der Waals surface area contributed by atoms with E-state index in [2.05, 4.69) is 11.9 Å². The molecule has 0 saturated carbocycles.